The average Bonchev–Trinajstić information content (AvgIpc) is 3.17. The van der Waals surface area contributed by atoms with Gasteiger partial charge in [0.1, 0.15) is 11.9 Å². The van der Waals surface area contributed by atoms with E-state index in [4.69, 9.17) is 4.74 Å². The largest absolute Gasteiger partial charge is 0.441 e. The summed E-state index contributed by atoms with van der Waals surface area (Å²) in [4.78, 5) is 32.4. The van der Waals surface area contributed by atoms with Crippen molar-refractivity contribution in [2.75, 3.05) is 10.6 Å². The standard InChI is InChI=1S/C23H21F4N7O3/c1-10(13-5-11(24)8-29-19(13)25)37-22(36)31-20-18(32-33-34(20)2)16-4-3-12(9-28-16)30-21(35)17-14-6-23(26,27)7-15(14)17/h3-5,8-10,14-15,17H,6-7H2,1-2H3,(H,30,35)(H,31,36)/t10-,14-,15+,17+/m1/s1. The number of rotatable bonds is 6. The number of fused-ring (bicyclic) bond motifs is 1. The van der Waals surface area contributed by atoms with Crippen LogP contribution in [0.25, 0.3) is 11.4 Å². The average molecular weight is 519 g/mol. The zero-order valence-electron chi connectivity index (χ0n) is 19.6. The van der Waals surface area contributed by atoms with E-state index in [1.54, 1.807) is 6.07 Å². The van der Waals surface area contributed by atoms with Gasteiger partial charge in [-0.25, -0.2) is 27.6 Å². The zero-order chi connectivity index (χ0) is 26.5. The number of aromatic nitrogens is 5. The maximum absolute atomic E-state index is 13.9. The molecular weight excluding hydrogens is 498 g/mol. The molecule has 2 aliphatic carbocycles. The number of amides is 2. The normalized spacial score (nSPS) is 22.2. The lowest BCUT2D eigenvalue weighted by Crippen LogP contribution is -2.22. The van der Waals surface area contributed by atoms with Crippen molar-refractivity contribution >= 4 is 23.5 Å². The Labute approximate surface area is 207 Å². The molecule has 2 saturated carbocycles. The third kappa shape index (κ3) is 4.95. The van der Waals surface area contributed by atoms with Crippen LogP contribution in [0.2, 0.25) is 0 Å². The summed E-state index contributed by atoms with van der Waals surface area (Å²) in [6.07, 6.45) is -0.562. The molecule has 37 heavy (non-hydrogen) atoms. The summed E-state index contributed by atoms with van der Waals surface area (Å²) in [5.41, 5.74) is 0.629. The molecule has 4 atom stereocenters. The molecule has 0 bridgehead atoms. The fourth-order valence-corrected chi connectivity index (χ4v) is 4.74. The second kappa shape index (κ2) is 9.09. The predicted molar refractivity (Wildman–Crippen MR) is 120 cm³/mol. The molecule has 0 spiro atoms. The highest BCUT2D eigenvalue weighted by molar-refractivity contribution is 5.95. The van der Waals surface area contributed by atoms with Gasteiger partial charge in [0.25, 0.3) is 0 Å². The molecular formula is C23H21F4N7O3. The van der Waals surface area contributed by atoms with E-state index in [1.165, 1.54) is 30.9 Å². The van der Waals surface area contributed by atoms with E-state index in [2.05, 4.69) is 30.9 Å². The van der Waals surface area contributed by atoms with Crippen LogP contribution < -0.4 is 10.6 Å². The molecule has 0 saturated heterocycles. The number of hydrogen-bond donors (Lipinski definition) is 2. The first-order chi connectivity index (χ1) is 17.5. The number of carbonyl (C=O) groups excluding carboxylic acids is 2. The van der Waals surface area contributed by atoms with Crippen molar-refractivity contribution in [1.82, 2.24) is 25.0 Å². The molecule has 0 aromatic carbocycles. The predicted octanol–water partition coefficient (Wildman–Crippen LogP) is 4.09. The molecule has 0 aliphatic heterocycles. The number of pyridine rings is 2. The van der Waals surface area contributed by atoms with Crippen molar-refractivity contribution in [2.24, 2.45) is 24.8 Å². The van der Waals surface area contributed by atoms with Crippen molar-refractivity contribution in [2.45, 2.75) is 31.8 Å². The van der Waals surface area contributed by atoms with Crippen LogP contribution in [0.15, 0.2) is 30.6 Å². The Hall–Kier alpha value is -4.10. The van der Waals surface area contributed by atoms with Crippen molar-refractivity contribution in [3.63, 3.8) is 0 Å². The van der Waals surface area contributed by atoms with Gasteiger partial charge in [0, 0.05) is 25.8 Å². The first kappa shape index (κ1) is 24.6. The molecule has 2 N–H and O–H groups in total. The summed E-state index contributed by atoms with van der Waals surface area (Å²) >= 11 is 0. The van der Waals surface area contributed by atoms with Gasteiger partial charge < -0.3 is 10.1 Å². The van der Waals surface area contributed by atoms with E-state index < -0.39 is 35.8 Å². The quantitative estimate of drug-likeness (QED) is 0.371. The molecule has 2 fully saturated rings. The van der Waals surface area contributed by atoms with Crippen molar-refractivity contribution in [3.8, 4) is 11.4 Å². The van der Waals surface area contributed by atoms with E-state index in [-0.39, 0.29) is 47.7 Å². The molecule has 3 aromatic heterocycles. The maximum Gasteiger partial charge on any atom is 0.413 e. The monoisotopic (exact) mass is 519 g/mol. The Bertz CT molecular complexity index is 1350. The van der Waals surface area contributed by atoms with Crippen LogP contribution in [0.4, 0.5) is 33.9 Å². The molecule has 3 heterocycles. The SMILES string of the molecule is C[C@@H](OC(=O)Nc1c(-c2ccc(NC(=O)[C@H]3[C@@H]4CC(F)(F)C[C@@H]43)cn2)nnn1C)c1cc(F)cnc1F. The van der Waals surface area contributed by atoms with Gasteiger partial charge in [0.05, 0.1) is 29.3 Å². The van der Waals surface area contributed by atoms with Gasteiger partial charge in [-0.2, -0.15) is 4.39 Å². The lowest BCUT2D eigenvalue weighted by molar-refractivity contribution is -0.118. The Morgan fingerprint density at radius 3 is 2.54 bits per heavy atom. The second-order valence-electron chi connectivity index (χ2n) is 9.16. The minimum atomic E-state index is -2.69. The van der Waals surface area contributed by atoms with Crippen LogP contribution in [0, 0.1) is 29.5 Å². The van der Waals surface area contributed by atoms with Crippen LogP contribution in [-0.2, 0) is 16.6 Å². The first-order valence-electron chi connectivity index (χ1n) is 11.4. The van der Waals surface area contributed by atoms with Gasteiger partial charge in [-0.1, -0.05) is 5.21 Å². The van der Waals surface area contributed by atoms with E-state index in [1.807, 2.05) is 0 Å². The van der Waals surface area contributed by atoms with Crippen LogP contribution in [0.3, 0.4) is 0 Å². The number of nitrogens with zero attached hydrogens (tertiary/aromatic N) is 5. The molecule has 194 valence electrons. The summed E-state index contributed by atoms with van der Waals surface area (Å²) in [7, 11) is 1.51. The number of hydrogen-bond acceptors (Lipinski definition) is 7. The lowest BCUT2D eigenvalue weighted by Gasteiger charge is -2.15. The fourth-order valence-electron chi connectivity index (χ4n) is 4.74. The number of nitrogens with one attached hydrogen (secondary N) is 2. The van der Waals surface area contributed by atoms with Gasteiger partial charge in [-0.15, -0.1) is 5.10 Å². The summed E-state index contributed by atoms with van der Waals surface area (Å²) in [5.74, 6) is -5.62. The highest BCUT2D eigenvalue weighted by atomic mass is 19.3. The van der Waals surface area contributed by atoms with Crippen LogP contribution in [0.5, 0.6) is 0 Å². The number of anilines is 2. The van der Waals surface area contributed by atoms with Gasteiger partial charge in [-0.3, -0.25) is 15.1 Å². The zero-order valence-corrected chi connectivity index (χ0v) is 19.6. The highest BCUT2D eigenvalue weighted by Crippen LogP contribution is 2.62. The number of alkyl halides is 2. The topological polar surface area (TPSA) is 124 Å². The second-order valence-corrected chi connectivity index (χ2v) is 9.16. The van der Waals surface area contributed by atoms with E-state index >= 15 is 0 Å². The maximum atomic E-state index is 13.9. The summed E-state index contributed by atoms with van der Waals surface area (Å²) in [5, 5.41) is 13.0. The molecule has 2 amide bonds. The third-order valence-corrected chi connectivity index (χ3v) is 6.58. The molecule has 14 heteroatoms. The van der Waals surface area contributed by atoms with Crippen LogP contribution in [-0.4, -0.2) is 42.9 Å². The minimum absolute atomic E-state index is 0.117. The third-order valence-electron chi connectivity index (χ3n) is 6.58. The molecule has 0 radical (unpaired) electrons. The molecule has 2 aliphatic rings. The lowest BCUT2D eigenvalue weighted by atomic mass is 10.1. The van der Waals surface area contributed by atoms with E-state index in [9.17, 15) is 27.2 Å². The van der Waals surface area contributed by atoms with Gasteiger partial charge in [0.2, 0.25) is 17.8 Å². The van der Waals surface area contributed by atoms with Crippen molar-refractivity contribution in [1.29, 1.82) is 0 Å². The minimum Gasteiger partial charge on any atom is -0.441 e. The van der Waals surface area contributed by atoms with Gasteiger partial charge in [-0.05, 0) is 37.0 Å². The Morgan fingerprint density at radius 2 is 1.86 bits per heavy atom. The summed E-state index contributed by atoms with van der Waals surface area (Å²) in [6, 6.07) is 3.98. The highest BCUT2D eigenvalue weighted by Gasteiger charge is 2.65. The fraction of sp³-hybridized carbons (Fsp3) is 0.391. The summed E-state index contributed by atoms with van der Waals surface area (Å²) in [6.45, 7) is 1.36. The molecule has 5 rings (SSSR count). The van der Waals surface area contributed by atoms with Gasteiger partial charge in [0.15, 0.2) is 11.5 Å². The van der Waals surface area contributed by atoms with E-state index in [0.29, 0.717) is 17.6 Å². The Kier molecular flexibility index (Phi) is 6.04. The summed E-state index contributed by atoms with van der Waals surface area (Å²) < 4.78 is 60.4. The number of ether oxygens (including phenoxy) is 1. The number of carbonyl (C=O) groups is 2. The molecule has 3 aromatic rings. The van der Waals surface area contributed by atoms with Crippen LogP contribution in [0.1, 0.15) is 31.4 Å². The van der Waals surface area contributed by atoms with Crippen molar-refractivity contribution < 1.29 is 31.9 Å². The number of aryl methyl sites for hydroxylation is 1. The van der Waals surface area contributed by atoms with Gasteiger partial charge >= 0.3 is 6.09 Å². The Balaban J connectivity index is 1.22. The Morgan fingerprint density at radius 1 is 1.14 bits per heavy atom. The van der Waals surface area contributed by atoms with E-state index in [0.717, 1.165) is 6.07 Å². The number of halogens is 4. The molecule has 0 unspecified atom stereocenters. The smallest absolute Gasteiger partial charge is 0.413 e. The molecule has 10 nitrogen and oxygen atoms in total. The van der Waals surface area contributed by atoms with Crippen molar-refractivity contribution in [3.05, 3.63) is 47.9 Å². The first-order valence-corrected chi connectivity index (χ1v) is 11.4. The van der Waals surface area contributed by atoms with Crippen LogP contribution >= 0.6 is 0 Å².